The van der Waals surface area contributed by atoms with E-state index in [4.69, 9.17) is 0 Å². The summed E-state index contributed by atoms with van der Waals surface area (Å²) in [4.78, 5) is 3.89. The van der Waals surface area contributed by atoms with Crippen LogP contribution in [0.2, 0.25) is 0 Å². The highest BCUT2D eigenvalue weighted by atomic mass is 19.2. The first-order valence-corrected chi connectivity index (χ1v) is 5.37. The number of H-pyrrole nitrogens is 1. The molecule has 4 nitrogen and oxygen atoms in total. The second-order valence-electron chi connectivity index (χ2n) is 3.63. The van der Waals surface area contributed by atoms with Gasteiger partial charge in [0.25, 0.3) is 0 Å². The summed E-state index contributed by atoms with van der Waals surface area (Å²) < 4.78 is 39.8. The molecule has 18 heavy (non-hydrogen) atoms. The molecule has 2 aromatic rings. The van der Waals surface area contributed by atoms with Crippen LogP contribution in [0.1, 0.15) is 24.4 Å². The molecule has 2 rings (SSSR count). The van der Waals surface area contributed by atoms with Gasteiger partial charge in [0, 0.05) is 5.56 Å². The molecule has 96 valence electrons. The Kier molecular flexibility index (Phi) is 3.61. The standard InChI is InChI=1S/C11H11F3N4/c1-2-15-10(11-16-5-17-18-11)6-3-4-7(12)9(14)8(6)13/h3-5,10,15H,2H2,1H3,(H,16,17,18). The third kappa shape index (κ3) is 2.21. The quantitative estimate of drug-likeness (QED) is 0.822. The topological polar surface area (TPSA) is 53.6 Å². The van der Waals surface area contributed by atoms with Crippen molar-refractivity contribution in [1.82, 2.24) is 20.5 Å². The third-order valence-corrected chi connectivity index (χ3v) is 2.49. The first kappa shape index (κ1) is 12.6. The largest absolute Gasteiger partial charge is 0.304 e. The molecule has 0 aliphatic carbocycles. The van der Waals surface area contributed by atoms with E-state index in [0.29, 0.717) is 12.4 Å². The van der Waals surface area contributed by atoms with Crippen LogP contribution in [0, 0.1) is 17.5 Å². The van der Waals surface area contributed by atoms with E-state index < -0.39 is 23.5 Å². The number of benzene rings is 1. The Labute approximate surface area is 101 Å². The van der Waals surface area contributed by atoms with Gasteiger partial charge >= 0.3 is 0 Å². The predicted octanol–water partition coefficient (Wildman–Crippen LogP) is 1.92. The highest BCUT2D eigenvalue weighted by Crippen LogP contribution is 2.24. The lowest BCUT2D eigenvalue weighted by Crippen LogP contribution is -2.24. The van der Waals surface area contributed by atoms with Crippen LogP contribution in [0.25, 0.3) is 0 Å². The van der Waals surface area contributed by atoms with Crippen molar-refractivity contribution in [3.05, 3.63) is 47.3 Å². The summed E-state index contributed by atoms with van der Waals surface area (Å²) >= 11 is 0. The van der Waals surface area contributed by atoms with Gasteiger partial charge in [-0.15, -0.1) is 0 Å². The minimum atomic E-state index is -1.49. The number of nitrogens with zero attached hydrogens (tertiary/aromatic N) is 2. The van der Waals surface area contributed by atoms with Gasteiger partial charge in [0.05, 0.1) is 6.04 Å². The lowest BCUT2D eigenvalue weighted by Gasteiger charge is -2.16. The Hall–Kier alpha value is -1.89. The monoisotopic (exact) mass is 256 g/mol. The van der Waals surface area contributed by atoms with Crippen molar-refractivity contribution in [3.63, 3.8) is 0 Å². The Balaban J connectivity index is 2.47. The summed E-state index contributed by atoms with van der Waals surface area (Å²) in [5.41, 5.74) is -0.0208. The van der Waals surface area contributed by atoms with Crippen molar-refractivity contribution in [2.45, 2.75) is 13.0 Å². The van der Waals surface area contributed by atoms with E-state index in [1.54, 1.807) is 6.92 Å². The molecule has 0 amide bonds. The van der Waals surface area contributed by atoms with Crippen molar-refractivity contribution in [1.29, 1.82) is 0 Å². The zero-order valence-corrected chi connectivity index (χ0v) is 9.54. The van der Waals surface area contributed by atoms with E-state index >= 15 is 0 Å². The lowest BCUT2D eigenvalue weighted by molar-refractivity contribution is 0.431. The van der Waals surface area contributed by atoms with E-state index in [-0.39, 0.29) is 5.56 Å². The first-order chi connectivity index (χ1) is 8.65. The summed E-state index contributed by atoms with van der Waals surface area (Å²) in [6, 6.07) is 1.37. The number of hydrogen-bond donors (Lipinski definition) is 2. The molecule has 1 atom stereocenters. The molecule has 0 spiro atoms. The van der Waals surface area contributed by atoms with Crippen molar-refractivity contribution >= 4 is 0 Å². The molecule has 0 radical (unpaired) electrons. The molecule has 1 unspecified atom stereocenters. The molecule has 0 aliphatic heterocycles. The second-order valence-corrected chi connectivity index (χ2v) is 3.63. The van der Waals surface area contributed by atoms with Crippen LogP contribution in [0.5, 0.6) is 0 Å². The van der Waals surface area contributed by atoms with E-state index in [1.807, 2.05) is 0 Å². The summed E-state index contributed by atoms with van der Waals surface area (Å²) in [6.45, 7) is 2.31. The van der Waals surface area contributed by atoms with Gasteiger partial charge in [-0.1, -0.05) is 13.0 Å². The average molecular weight is 256 g/mol. The zero-order valence-electron chi connectivity index (χ0n) is 9.54. The number of rotatable bonds is 4. The molecule has 7 heteroatoms. The number of nitrogens with one attached hydrogen (secondary N) is 2. The van der Waals surface area contributed by atoms with Gasteiger partial charge in [-0.05, 0) is 12.6 Å². The summed E-state index contributed by atoms with van der Waals surface area (Å²) in [6.07, 6.45) is 1.26. The van der Waals surface area contributed by atoms with Crippen LogP contribution in [-0.4, -0.2) is 21.7 Å². The summed E-state index contributed by atoms with van der Waals surface area (Å²) in [5.74, 6) is -3.60. The van der Waals surface area contributed by atoms with E-state index in [2.05, 4.69) is 20.5 Å². The number of hydrogen-bond acceptors (Lipinski definition) is 3. The van der Waals surface area contributed by atoms with Crippen LogP contribution in [0.15, 0.2) is 18.5 Å². The number of halogens is 3. The second kappa shape index (κ2) is 5.18. The maximum absolute atomic E-state index is 13.7. The molecular formula is C11H11F3N4. The summed E-state index contributed by atoms with van der Waals surface area (Å²) in [7, 11) is 0. The first-order valence-electron chi connectivity index (χ1n) is 5.37. The molecule has 1 aromatic heterocycles. The fourth-order valence-electron chi connectivity index (χ4n) is 1.68. The van der Waals surface area contributed by atoms with Gasteiger partial charge in [0.15, 0.2) is 17.5 Å². The number of aromatic nitrogens is 3. The normalized spacial score (nSPS) is 12.7. The highest BCUT2D eigenvalue weighted by Gasteiger charge is 2.23. The van der Waals surface area contributed by atoms with Gasteiger partial charge in [0.2, 0.25) is 0 Å². The van der Waals surface area contributed by atoms with Gasteiger partial charge in [-0.2, -0.15) is 5.10 Å². The van der Waals surface area contributed by atoms with Crippen LogP contribution in [0.4, 0.5) is 13.2 Å². The van der Waals surface area contributed by atoms with Crippen LogP contribution in [-0.2, 0) is 0 Å². The fourth-order valence-corrected chi connectivity index (χ4v) is 1.68. The Morgan fingerprint density at radius 3 is 2.67 bits per heavy atom. The Bertz CT molecular complexity index is 527. The van der Waals surface area contributed by atoms with Crippen LogP contribution >= 0.6 is 0 Å². The molecule has 0 saturated carbocycles. The van der Waals surface area contributed by atoms with Gasteiger partial charge in [0.1, 0.15) is 12.2 Å². The van der Waals surface area contributed by atoms with Gasteiger partial charge in [-0.25, -0.2) is 18.2 Å². The maximum Gasteiger partial charge on any atom is 0.194 e. The summed E-state index contributed by atoms with van der Waals surface area (Å²) in [5, 5.41) is 9.16. The SMILES string of the molecule is CCNC(c1ncn[nH]1)c1ccc(F)c(F)c1F. The zero-order chi connectivity index (χ0) is 13.1. The maximum atomic E-state index is 13.7. The van der Waals surface area contributed by atoms with Crippen molar-refractivity contribution < 1.29 is 13.2 Å². The van der Waals surface area contributed by atoms with Gasteiger partial charge in [-0.3, -0.25) is 5.10 Å². The van der Waals surface area contributed by atoms with Crippen molar-refractivity contribution in [2.75, 3.05) is 6.54 Å². The lowest BCUT2D eigenvalue weighted by atomic mass is 10.1. The smallest absolute Gasteiger partial charge is 0.194 e. The highest BCUT2D eigenvalue weighted by molar-refractivity contribution is 5.27. The Morgan fingerprint density at radius 2 is 2.06 bits per heavy atom. The molecule has 0 aliphatic rings. The van der Waals surface area contributed by atoms with Gasteiger partial charge < -0.3 is 5.32 Å². The van der Waals surface area contributed by atoms with Crippen LogP contribution < -0.4 is 5.32 Å². The van der Waals surface area contributed by atoms with E-state index in [0.717, 1.165) is 6.07 Å². The van der Waals surface area contributed by atoms with Crippen molar-refractivity contribution in [3.8, 4) is 0 Å². The molecule has 0 saturated heterocycles. The Morgan fingerprint density at radius 1 is 1.28 bits per heavy atom. The molecule has 1 aromatic carbocycles. The third-order valence-electron chi connectivity index (χ3n) is 2.49. The fraction of sp³-hybridized carbons (Fsp3) is 0.273. The number of aromatic amines is 1. The van der Waals surface area contributed by atoms with Crippen LogP contribution in [0.3, 0.4) is 0 Å². The molecule has 0 fully saturated rings. The minimum Gasteiger partial charge on any atom is -0.304 e. The molecule has 1 heterocycles. The van der Waals surface area contributed by atoms with Crippen molar-refractivity contribution in [2.24, 2.45) is 0 Å². The van der Waals surface area contributed by atoms with E-state index in [1.165, 1.54) is 12.4 Å². The molecule has 0 bridgehead atoms. The predicted molar refractivity (Wildman–Crippen MR) is 58.2 cm³/mol. The average Bonchev–Trinajstić information content (AvgIpc) is 2.88. The minimum absolute atomic E-state index is 0.0208. The van der Waals surface area contributed by atoms with E-state index in [9.17, 15) is 13.2 Å². The molecule has 2 N–H and O–H groups in total. The molecular weight excluding hydrogens is 245 g/mol.